The van der Waals surface area contributed by atoms with E-state index in [2.05, 4.69) is 0 Å². The molecule has 13 heavy (non-hydrogen) atoms. The summed E-state index contributed by atoms with van der Waals surface area (Å²) in [5.41, 5.74) is 11.6. The Labute approximate surface area is 83.5 Å². The summed E-state index contributed by atoms with van der Waals surface area (Å²) >= 11 is 0. The Morgan fingerprint density at radius 1 is 1.31 bits per heavy atom. The lowest BCUT2D eigenvalue weighted by Gasteiger charge is -2.08. The lowest BCUT2D eigenvalue weighted by atomic mass is 10.1. The van der Waals surface area contributed by atoms with Crippen LogP contribution in [0, 0.1) is 0 Å². The van der Waals surface area contributed by atoms with Crippen molar-refractivity contribution >= 4 is 18.3 Å². The van der Waals surface area contributed by atoms with Crippen LogP contribution in [0.5, 0.6) is 0 Å². The Kier molecular flexibility index (Phi) is 5.11. The van der Waals surface area contributed by atoms with Crippen LogP contribution in [0.3, 0.4) is 0 Å². The van der Waals surface area contributed by atoms with Crippen molar-refractivity contribution in [1.82, 2.24) is 0 Å². The summed E-state index contributed by atoms with van der Waals surface area (Å²) in [6.07, 6.45) is 0.198. The van der Waals surface area contributed by atoms with Gasteiger partial charge in [0.2, 0.25) is 5.91 Å². The van der Waals surface area contributed by atoms with Crippen molar-refractivity contribution in [3.8, 4) is 0 Å². The van der Waals surface area contributed by atoms with Crippen molar-refractivity contribution in [2.45, 2.75) is 12.5 Å². The minimum atomic E-state index is -0.369. The molecular formula is C9H13ClN2O. The molecule has 0 aromatic heterocycles. The van der Waals surface area contributed by atoms with Gasteiger partial charge in [-0.3, -0.25) is 4.79 Å². The number of rotatable bonds is 3. The average Bonchev–Trinajstić information content (AvgIpc) is 2.05. The number of nitrogens with two attached hydrogens (primary N) is 2. The average molecular weight is 201 g/mol. The van der Waals surface area contributed by atoms with Crippen LogP contribution in [0.1, 0.15) is 18.0 Å². The molecule has 1 aromatic rings. The van der Waals surface area contributed by atoms with E-state index < -0.39 is 0 Å². The molecule has 4 N–H and O–H groups in total. The van der Waals surface area contributed by atoms with Crippen LogP contribution in [0.2, 0.25) is 0 Å². The van der Waals surface area contributed by atoms with E-state index in [-0.39, 0.29) is 30.8 Å². The molecular weight excluding hydrogens is 188 g/mol. The summed E-state index contributed by atoms with van der Waals surface area (Å²) in [6, 6.07) is 9.16. The molecule has 1 atom stereocenters. The number of amides is 1. The topological polar surface area (TPSA) is 69.1 Å². The molecule has 0 spiro atoms. The molecule has 1 amide bonds. The number of carbonyl (C=O) groups is 1. The van der Waals surface area contributed by atoms with Crippen molar-refractivity contribution in [3.63, 3.8) is 0 Å². The van der Waals surface area contributed by atoms with Gasteiger partial charge in [0, 0.05) is 12.5 Å². The number of carbonyl (C=O) groups excluding carboxylic acids is 1. The third kappa shape index (κ3) is 3.92. The molecule has 0 radical (unpaired) electrons. The molecule has 0 saturated heterocycles. The van der Waals surface area contributed by atoms with Gasteiger partial charge in [-0.1, -0.05) is 30.3 Å². The highest BCUT2D eigenvalue weighted by atomic mass is 35.5. The van der Waals surface area contributed by atoms with Crippen LogP contribution < -0.4 is 11.5 Å². The van der Waals surface area contributed by atoms with Crippen molar-refractivity contribution in [2.24, 2.45) is 11.5 Å². The maximum absolute atomic E-state index is 10.5. The van der Waals surface area contributed by atoms with E-state index in [4.69, 9.17) is 11.5 Å². The fraction of sp³-hybridized carbons (Fsp3) is 0.222. The van der Waals surface area contributed by atoms with Crippen molar-refractivity contribution in [1.29, 1.82) is 0 Å². The van der Waals surface area contributed by atoms with E-state index in [1.165, 1.54) is 0 Å². The van der Waals surface area contributed by atoms with Crippen LogP contribution in [0.15, 0.2) is 30.3 Å². The predicted molar refractivity (Wildman–Crippen MR) is 54.4 cm³/mol. The first-order chi connectivity index (χ1) is 5.70. The number of hydrogen-bond donors (Lipinski definition) is 2. The second-order valence-corrected chi connectivity index (χ2v) is 2.69. The minimum absolute atomic E-state index is 0. The zero-order valence-corrected chi connectivity index (χ0v) is 7.96. The summed E-state index contributed by atoms with van der Waals surface area (Å²) in [5, 5.41) is 0. The van der Waals surface area contributed by atoms with Gasteiger partial charge in [0.25, 0.3) is 0 Å². The Hall–Kier alpha value is -1.06. The fourth-order valence-corrected chi connectivity index (χ4v) is 1.03. The Morgan fingerprint density at radius 3 is 2.31 bits per heavy atom. The van der Waals surface area contributed by atoms with Gasteiger partial charge >= 0.3 is 0 Å². The highest BCUT2D eigenvalue weighted by Gasteiger charge is 2.07. The van der Waals surface area contributed by atoms with Crippen molar-refractivity contribution < 1.29 is 4.79 Å². The largest absolute Gasteiger partial charge is 0.370 e. The highest BCUT2D eigenvalue weighted by Crippen LogP contribution is 2.11. The van der Waals surface area contributed by atoms with Crippen LogP contribution in [-0.2, 0) is 4.79 Å². The highest BCUT2D eigenvalue weighted by molar-refractivity contribution is 5.85. The van der Waals surface area contributed by atoms with E-state index in [1.54, 1.807) is 0 Å². The zero-order valence-electron chi connectivity index (χ0n) is 7.14. The van der Waals surface area contributed by atoms with E-state index >= 15 is 0 Å². The molecule has 0 unspecified atom stereocenters. The first-order valence-corrected chi connectivity index (χ1v) is 3.79. The smallest absolute Gasteiger partial charge is 0.219 e. The fourth-order valence-electron chi connectivity index (χ4n) is 1.03. The van der Waals surface area contributed by atoms with Gasteiger partial charge in [0.05, 0.1) is 0 Å². The summed E-state index contributed by atoms with van der Waals surface area (Å²) in [4.78, 5) is 10.5. The first kappa shape index (κ1) is 11.9. The molecule has 0 heterocycles. The second kappa shape index (κ2) is 5.56. The monoisotopic (exact) mass is 200 g/mol. The maximum Gasteiger partial charge on any atom is 0.219 e. The predicted octanol–water partition coefficient (Wildman–Crippen LogP) is 0.984. The van der Waals surface area contributed by atoms with Gasteiger partial charge < -0.3 is 11.5 Å². The van der Waals surface area contributed by atoms with Gasteiger partial charge in [-0.15, -0.1) is 12.4 Å². The Bertz CT molecular complexity index is 264. The van der Waals surface area contributed by atoms with Crippen LogP contribution >= 0.6 is 12.4 Å². The van der Waals surface area contributed by atoms with Crippen LogP contribution in [0.4, 0.5) is 0 Å². The normalized spacial score (nSPS) is 11.5. The molecule has 72 valence electrons. The lowest BCUT2D eigenvalue weighted by Crippen LogP contribution is -2.20. The lowest BCUT2D eigenvalue weighted by molar-refractivity contribution is -0.118. The summed E-state index contributed by atoms with van der Waals surface area (Å²) < 4.78 is 0. The second-order valence-electron chi connectivity index (χ2n) is 2.69. The Morgan fingerprint density at radius 2 is 1.85 bits per heavy atom. The van der Waals surface area contributed by atoms with Gasteiger partial charge in [0.1, 0.15) is 0 Å². The standard InChI is InChI=1S/C9H12N2O.ClH/c10-8(6-9(11)12)7-4-2-1-3-5-7;/h1-5,8H,6,10H2,(H2,11,12);1H/t8-;/m0./s1. The summed E-state index contributed by atoms with van der Waals surface area (Å²) in [6.45, 7) is 0. The van der Waals surface area contributed by atoms with E-state index in [9.17, 15) is 4.79 Å². The molecule has 0 bridgehead atoms. The molecule has 0 aliphatic rings. The third-order valence-corrected chi connectivity index (χ3v) is 1.65. The van der Waals surface area contributed by atoms with Crippen molar-refractivity contribution in [3.05, 3.63) is 35.9 Å². The van der Waals surface area contributed by atoms with E-state index in [0.29, 0.717) is 0 Å². The van der Waals surface area contributed by atoms with Gasteiger partial charge in [-0.25, -0.2) is 0 Å². The van der Waals surface area contributed by atoms with Gasteiger partial charge in [-0.2, -0.15) is 0 Å². The van der Waals surface area contributed by atoms with Crippen LogP contribution in [0.25, 0.3) is 0 Å². The SMILES string of the molecule is Cl.NC(=O)C[C@H](N)c1ccccc1. The maximum atomic E-state index is 10.5. The molecule has 0 saturated carbocycles. The van der Waals surface area contributed by atoms with Gasteiger partial charge in [-0.05, 0) is 5.56 Å². The number of hydrogen-bond acceptors (Lipinski definition) is 2. The van der Waals surface area contributed by atoms with E-state index in [0.717, 1.165) is 5.56 Å². The quantitative estimate of drug-likeness (QED) is 0.764. The number of benzene rings is 1. The molecule has 4 heteroatoms. The first-order valence-electron chi connectivity index (χ1n) is 3.79. The molecule has 0 fully saturated rings. The van der Waals surface area contributed by atoms with Crippen molar-refractivity contribution in [2.75, 3.05) is 0 Å². The zero-order chi connectivity index (χ0) is 8.97. The third-order valence-electron chi connectivity index (χ3n) is 1.65. The van der Waals surface area contributed by atoms with Gasteiger partial charge in [0.15, 0.2) is 0 Å². The minimum Gasteiger partial charge on any atom is -0.370 e. The summed E-state index contributed by atoms with van der Waals surface area (Å²) in [5.74, 6) is -0.369. The molecule has 0 aliphatic heterocycles. The molecule has 3 nitrogen and oxygen atoms in total. The Balaban J connectivity index is 0.00000144. The van der Waals surface area contributed by atoms with E-state index in [1.807, 2.05) is 30.3 Å². The molecule has 1 rings (SSSR count). The number of primary amides is 1. The number of halogens is 1. The summed E-state index contributed by atoms with van der Waals surface area (Å²) in [7, 11) is 0. The molecule has 0 aliphatic carbocycles. The molecule has 1 aromatic carbocycles. The van der Waals surface area contributed by atoms with Crippen LogP contribution in [-0.4, -0.2) is 5.91 Å².